The zero-order chi connectivity index (χ0) is 18.2. The van der Waals surface area contributed by atoms with Gasteiger partial charge in [-0.3, -0.25) is 10.1 Å². The Morgan fingerprint density at radius 2 is 1.68 bits per heavy atom. The second-order valence-electron chi connectivity index (χ2n) is 5.06. The second-order valence-corrected chi connectivity index (χ2v) is 5.06. The molecule has 3 amide bonds. The van der Waals surface area contributed by atoms with E-state index in [0.717, 1.165) is 0 Å². The Bertz CT molecular complexity index is 761. The van der Waals surface area contributed by atoms with Gasteiger partial charge in [-0.05, 0) is 19.1 Å². The second kappa shape index (κ2) is 8.49. The van der Waals surface area contributed by atoms with Gasteiger partial charge in [-0.1, -0.05) is 42.5 Å². The number of amides is 3. The number of rotatable bonds is 5. The van der Waals surface area contributed by atoms with Crippen molar-refractivity contribution in [1.29, 1.82) is 0 Å². The summed E-state index contributed by atoms with van der Waals surface area (Å²) in [6, 6.07) is 13.4. The minimum absolute atomic E-state index is 0.0748. The van der Waals surface area contributed by atoms with Crippen LogP contribution in [0.25, 0.3) is 0 Å². The van der Waals surface area contributed by atoms with Crippen LogP contribution in [-0.4, -0.2) is 29.6 Å². The Labute approximate surface area is 144 Å². The number of carbonyl (C=O) groups excluding carboxylic acids is 3. The fourth-order valence-corrected chi connectivity index (χ4v) is 2.10. The highest BCUT2D eigenvalue weighted by Gasteiger charge is 2.27. The lowest BCUT2D eigenvalue weighted by Crippen LogP contribution is -2.42. The first kappa shape index (κ1) is 18.0. The number of carbonyl (C=O) groups is 3. The molecule has 0 unspecified atom stereocenters. The van der Waals surface area contributed by atoms with Gasteiger partial charge in [0.15, 0.2) is 0 Å². The topological polar surface area (TPSA) is 105 Å². The van der Waals surface area contributed by atoms with E-state index in [9.17, 15) is 19.5 Å². The molecule has 7 nitrogen and oxygen atoms in total. The summed E-state index contributed by atoms with van der Waals surface area (Å²) in [6.07, 6.45) is -1.34. The Hall–Kier alpha value is -3.35. The van der Waals surface area contributed by atoms with E-state index in [1.165, 1.54) is 12.1 Å². The summed E-state index contributed by atoms with van der Waals surface area (Å²) in [4.78, 5) is 36.2. The molecular formula is C18H18N2O5. The number of phenols is 1. The molecule has 0 spiro atoms. The first-order valence-electron chi connectivity index (χ1n) is 7.65. The van der Waals surface area contributed by atoms with E-state index < -0.39 is 24.0 Å². The van der Waals surface area contributed by atoms with Crippen LogP contribution in [0.5, 0.6) is 5.75 Å². The maximum absolute atomic E-state index is 12.4. The standard InChI is InChI=1S/C18H18N2O5/c1-2-19-18(24)20-16(22)15(12-8-4-3-5-9-12)25-17(23)13-10-6-7-11-14(13)21/h3-11,15,21H,2H2,1H3,(H2,19,20,22,24)/t15-/m1/s1. The highest BCUT2D eigenvalue weighted by Crippen LogP contribution is 2.23. The van der Waals surface area contributed by atoms with E-state index in [1.807, 2.05) is 0 Å². The highest BCUT2D eigenvalue weighted by molar-refractivity contribution is 5.99. The van der Waals surface area contributed by atoms with Gasteiger partial charge in [-0.2, -0.15) is 0 Å². The molecule has 25 heavy (non-hydrogen) atoms. The van der Waals surface area contributed by atoms with Crippen LogP contribution in [0.15, 0.2) is 54.6 Å². The van der Waals surface area contributed by atoms with Crippen LogP contribution < -0.4 is 10.6 Å². The van der Waals surface area contributed by atoms with Crippen molar-refractivity contribution >= 4 is 17.9 Å². The molecule has 0 saturated carbocycles. The molecule has 7 heteroatoms. The highest BCUT2D eigenvalue weighted by atomic mass is 16.5. The fraction of sp³-hybridized carbons (Fsp3) is 0.167. The van der Waals surface area contributed by atoms with E-state index in [4.69, 9.17) is 4.74 Å². The van der Waals surface area contributed by atoms with Gasteiger partial charge < -0.3 is 15.2 Å². The average molecular weight is 342 g/mol. The van der Waals surface area contributed by atoms with Crippen LogP contribution in [0.4, 0.5) is 4.79 Å². The van der Waals surface area contributed by atoms with Gasteiger partial charge in [0.2, 0.25) is 6.10 Å². The summed E-state index contributed by atoms with van der Waals surface area (Å²) >= 11 is 0. The van der Waals surface area contributed by atoms with Crippen LogP contribution >= 0.6 is 0 Å². The molecule has 0 radical (unpaired) electrons. The third-order valence-electron chi connectivity index (χ3n) is 3.26. The van der Waals surface area contributed by atoms with Gasteiger partial charge in [0.25, 0.3) is 5.91 Å². The predicted octanol–water partition coefficient (Wildman–Crippen LogP) is 2.14. The summed E-state index contributed by atoms with van der Waals surface area (Å²) in [5.74, 6) is -1.93. The maximum atomic E-state index is 12.4. The Morgan fingerprint density at radius 1 is 1.04 bits per heavy atom. The summed E-state index contributed by atoms with van der Waals surface area (Å²) in [5, 5.41) is 14.3. The smallest absolute Gasteiger partial charge is 0.343 e. The quantitative estimate of drug-likeness (QED) is 0.722. The molecule has 3 N–H and O–H groups in total. The summed E-state index contributed by atoms with van der Waals surface area (Å²) in [7, 11) is 0. The Kier molecular flexibility index (Phi) is 6.11. The first-order chi connectivity index (χ1) is 12.0. The van der Waals surface area contributed by atoms with E-state index in [2.05, 4.69) is 10.6 Å². The van der Waals surface area contributed by atoms with Crippen molar-refractivity contribution in [2.45, 2.75) is 13.0 Å². The fourth-order valence-electron chi connectivity index (χ4n) is 2.10. The van der Waals surface area contributed by atoms with Gasteiger partial charge in [0.1, 0.15) is 11.3 Å². The third kappa shape index (κ3) is 4.81. The molecule has 0 aliphatic heterocycles. The monoisotopic (exact) mass is 342 g/mol. The number of benzene rings is 2. The number of urea groups is 1. The molecule has 0 fully saturated rings. The van der Waals surface area contributed by atoms with Crippen LogP contribution in [-0.2, 0) is 9.53 Å². The van der Waals surface area contributed by atoms with Crippen molar-refractivity contribution < 1.29 is 24.2 Å². The van der Waals surface area contributed by atoms with E-state index in [0.29, 0.717) is 12.1 Å². The molecule has 0 aliphatic carbocycles. The molecule has 0 bridgehead atoms. The largest absolute Gasteiger partial charge is 0.507 e. The van der Waals surface area contributed by atoms with Crippen LogP contribution in [0.3, 0.4) is 0 Å². The summed E-state index contributed by atoms with van der Waals surface area (Å²) < 4.78 is 5.25. The lowest BCUT2D eigenvalue weighted by molar-refractivity contribution is -0.129. The number of imide groups is 1. The minimum Gasteiger partial charge on any atom is -0.507 e. The lowest BCUT2D eigenvalue weighted by Gasteiger charge is -2.18. The average Bonchev–Trinajstić information content (AvgIpc) is 2.60. The summed E-state index contributed by atoms with van der Waals surface area (Å²) in [6.45, 7) is 2.05. The number of nitrogens with one attached hydrogen (secondary N) is 2. The van der Waals surface area contributed by atoms with Crippen molar-refractivity contribution in [1.82, 2.24) is 10.6 Å². The van der Waals surface area contributed by atoms with Gasteiger partial charge in [0.05, 0.1) is 0 Å². The van der Waals surface area contributed by atoms with Crippen molar-refractivity contribution in [3.05, 3.63) is 65.7 Å². The third-order valence-corrected chi connectivity index (χ3v) is 3.26. The summed E-state index contributed by atoms with van der Waals surface area (Å²) in [5.41, 5.74) is 0.322. The van der Waals surface area contributed by atoms with E-state index in [-0.39, 0.29) is 11.3 Å². The normalized spacial score (nSPS) is 11.2. The van der Waals surface area contributed by atoms with Crippen molar-refractivity contribution in [2.75, 3.05) is 6.54 Å². The zero-order valence-corrected chi connectivity index (χ0v) is 13.6. The number of hydrogen-bond acceptors (Lipinski definition) is 5. The van der Waals surface area contributed by atoms with E-state index >= 15 is 0 Å². The van der Waals surface area contributed by atoms with Crippen molar-refractivity contribution in [3.8, 4) is 5.75 Å². The molecule has 2 aromatic rings. The van der Waals surface area contributed by atoms with Crippen LogP contribution in [0.1, 0.15) is 28.9 Å². The van der Waals surface area contributed by atoms with Gasteiger partial charge in [-0.25, -0.2) is 9.59 Å². The SMILES string of the molecule is CCNC(=O)NC(=O)[C@H](OC(=O)c1ccccc1O)c1ccccc1. The lowest BCUT2D eigenvalue weighted by atomic mass is 10.1. The number of para-hydroxylation sites is 1. The first-order valence-corrected chi connectivity index (χ1v) is 7.65. The number of hydrogen-bond donors (Lipinski definition) is 3. The molecule has 130 valence electrons. The Balaban J connectivity index is 2.23. The van der Waals surface area contributed by atoms with Crippen molar-refractivity contribution in [3.63, 3.8) is 0 Å². The Morgan fingerprint density at radius 3 is 2.32 bits per heavy atom. The maximum Gasteiger partial charge on any atom is 0.343 e. The number of aromatic hydroxyl groups is 1. The molecular weight excluding hydrogens is 324 g/mol. The van der Waals surface area contributed by atoms with Gasteiger partial charge >= 0.3 is 12.0 Å². The number of esters is 1. The van der Waals surface area contributed by atoms with Gasteiger partial charge in [0, 0.05) is 12.1 Å². The van der Waals surface area contributed by atoms with E-state index in [1.54, 1.807) is 49.4 Å². The number of phenolic OH excluding ortho intramolecular Hbond substituents is 1. The molecule has 0 saturated heterocycles. The molecule has 0 heterocycles. The van der Waals surface area contributed by atoms with Gasteiger partial charge in [-0.15, -0.1) is 0 Å². The van der Waals surface area contributed by atoms with Crippen molar-refractivity contribution in [2.24, 2.45) is 0 Å². The minimum atomic E-state index is -1.34. The molecule has 0 aliphatic rings. The van der Waals surface area contributed by atoms with Crippen LogP contribution in [0.2, 0.25) is 0 Å². The zero-order valence-electron chi connectivity index (χ0n) is 13.6. The molecule has 1 atom stereocenters. The molecule has 2 aromatic carbocycles. The molecule has 0 aromatic heterocycles. The molecule has 2 rings (SSSR count). The number of ether oxygens (including phenoxy) is 1. The predicted molar refractivity (Wildman–Crippen MR) is 89.9 cm³/mol. The van der Waals surface area contributed by atoms with Crippen LogP contribution in [0, 0.1) is 0 Å².